The van der Waals surface area contributed by atoms with Gasteiger partial charge < -0.3 is 9.88 Å². The first-order valence-electron chi connectivity index (χ1n) is 12.1. The summed E-state index contributed by atoms with van der Waals surface area (Å²) >= 11 is 0. The number of benzene rings is 3. The Hall–Kier alpha value is -3.23. The summed E-state index contributed by atoms with van der Waals surface area (Å²) in [6.45, 7) is 7.66. The number of aryl methyl sites for hydroxylation is 2. The van der Waals surface area contributed by atoms with Crippen LogP contribution in [0.15, 0.2) is 65.6 Å². The van der Waals surface area contributed by atoms with E-state index >= 15 is 0 Å². The maximum atomic E-state index is 12.9. The van der Waals surface area contributed by atoms with Crippen LogP contribution in [0, 0.1) is 0 Å². The number of sulfonamides is 1. The van der Waals surface area contributed by atoms with Gasteiger partial charge in [-0.1, -0.05) is 56.3 Å². The molecule has 0 atom stereocenters. The molecule has 0 bridgehead atoms. The van der Waals surface area contributed by atoms with Gasteiger partial charge in [0.05, 0.1) is 15.9 Å². The highest BCUT2D eigenvalue weighted by Gasteiger charge is 2.23. The minimum Gasteiger partial charge on any atom is -0.352 e. The topological polar surface area (TPSA) is 84.3 Å². The molecule has 0 radical (unpaired) electrons. The number of nitrogens with one attached hydrogen (secondary N) is 1. The zero-order valence-electron chi connectivity index (χ0n) is 20.5. The smallest absolute Gasteiger partial charge is 0.243 e. The lowest BCUT2D eigenvalue weighted by molar-refractivity contribution is -0.121. The zero-order valence-corrected chi connectivity index (χ0v) is 21.3. The number of amides is 1. The van der Waals surface area contributed by atoms with Crippen LogP contribution in [0.1, 0.15) is 38.6 Å². The molecule has 1 aromatic heterocycles. The monoisotopic (exact) mass is 492 g/mol. The van der Waals surface area contributed by atoms with E-state index in [0.717, 1.165) is 27.7 Å². The van der Waals surface area contributed by atoms with Gasteiger partial charge in [0.1, 0.15) is 5.82 Å². The largest absolute Gasteiger partial charge is 0.352 e. The Balaban J connectivity index is 1.48. The van der Waals surface area contributed by atoms with E-state index in [1.165, 1.54) is 4.31 Å². The van der Waals surface area contributed by atoms with E-state index in [9.17, 15) is 13.2 Å². The molecule has 35 heavy (non-hydrogen) atoms. The molecular weight excluding hydrogens is 460 g/mol. The Kier molecular flexibility index (Phi) is 7.52. The molecule has 184 valence electrons. The Morgan fingerprint density at radius 2 is 1.74 bits per heavy atom. The van der Waals surface area contributed by atoms with Crippen molar-refractivity contribution in [1.29, 1.82) is 0 Å². The maximum Gasteiger partial charge on any atom is 0.243 e. The van der Waals surface area contributed by atoms with Crippen LogP contribution in [0.4, 0.5) is 0 Å². The standard InChI is InChI=1S/C27H32N4O3S/c1-4-30(5-2)35(33,34)22-14-15-25-24(18-22)29-26(31(25)6-3)16-17-27(32)28-19-21-12-9-11-20-10-7-8-13-23(20)21/h7-15,18H,4-6,16-17,19H2,1-3H3,(H,28,32). The quantitative estimate of drug-likeness (QED) is 0.354. The molecule has 4 aromatic rings. The molecular formula is C27H32N4O3S. The molecule has 0 fully saturated rings. The maximum absolute atomic E-state index is 12.9. The minimum atomic E-state index is -3.56. The summed E-state index contributed by atoms with van der Waals surface area (Å²) in [4.78, 5) is 17.6. The van der Waals surface area contributed by atoms with Gasteiger partial charge in [-0.05, 0) is 41.5 Å². The second kappa shape index (κ2) is 10.6. The van der Waals surface area contributed by atoms with Gasteiger partial charge in [0, 0.05) is 39.0 Å². The molecule has 0 saturated heterocycles. The first-order chi connectivity index (χ1) is 16.9. The average molecular weight is 493 g/mol. The molecule has 3 aromatic carbocycles. The summed E-state index contributed by atoms with van der Waals surface area (Å²) in [6.07, 6.45) is 0.778. The first kappa shape index (κ1) is 24.9. The second-order valence-corrected chi connectivity index (χ2v) is 10.4. The van der Waals surface area contributed by atoms with Gasteiger partial charge in [-0.15, -0.1) is 0 Å². The summed E-state index contributed by atoms with van der Waals surface area (Å²) < 4.78 is 29.3. The summed E-state index contributed by atoms with van der Waals surface area (Å²) in [5.74, 6) is 0.734. The van der Waals surface area contributed by atoms with Crippen LogP contribution in [-0.2, 0) is 34.3 Å². The number of rotatable bonds is 10. The number of carbonyl (C=O) groups excluding carboxylic acids is 1. The van der Waals surface area contributed by atoms with Gasteiger partial charge in [-0.2, -0.15) is 4.31 Å². The summed E-state index contributed by atoms with van der Waals surface area (Å²) in [7, 11) is -3.56. The number of imidazole rings is 1. The van der Waals surface area contributed by atoms with Crippen LogP contribution in [0.3, 0.4) is 0 Å². The number of carbonyl (C=O) groups is 1. The summed E-state index contributed by atoms with van der Waals surface area (Å²) in [5.41, 5.74) is 2.59. The van der Waals surface area contributed by atoms with Crippen LogP contribution in [-0.4, -0.2) is 41.3 Å². The molecule has 0 unspecified atom stereocenters. The molecule has 8 heteroatoms. The van der Waals surface area contributed by atoms with E-state index in [1.54, 1.807) is 12.1 Å². The van der Waals surface area contributed by atoms with Crippen LogP contribution in [0.25, 0.3) is 21.8 Å². The van der Waals surface area contributed by atoms with Gasteiger partial charge in [0.15, 0.2) is 0 Å². The lowest BCUT2D eigenvalue weighted by Crippen LogP contribution is -2.30. The molecule has 1 amide bonds. The lowest BCUT2D eigenvalue weighted by Gasteiger charge is -2.18. The summed E-state index contributed by atoms with van der Waals surface area (Å²) in [5, 5.41) is 5.31. The van der Waals surface area contributed by atoms with E-state index in [-0.39, 0.29) is 10.8 Å². The van der Waals surface area contributed by atoms with Gasteiger partial charge >= 0.3 is 0 Å². The Bertz CT molecular complexity index is 1450. The SMILES string of the molecule is CCN(CC)S(=O)(=O)c1ccc2c(c1)nc(CCC(=O)NCc1cccc3ccccc13)n2CC. The Morgan fingerprint density at radius 3 is 2.49 bits per heavy atom. The highest BCUT2D eigenvalue weighted by molar-refractivity contribution is 7.89. The van der Waals surface area contributed by atoms with Gasteiger partial charge in [0.2, 0.25) is 15.9 Å². The van der Waals surface area contributed by atoms with Crippen LogP contribution in [0.5, 0.6) is 0 Å². The molecule has 7 nitrogen and oxygen atoms in total. The van der Waals surface area contributed by atoms with Crippen molar-refractivity contribution in [2.24, 2.45) is 0 Å². The van der Waals surface area contributed by atoms with E-state index < -0.39 is 10.0 Å². The van der Waals surface area contributed by atoms with E-state index in [2.05, 4.69) is 23.5 Å². The van der Waals surface area contributed by atoms with Crippen LogP contribution in [0.2, 0.25) is 0 Å². The number of hydrogen-bond donors (Lipinski definition) is 1. The fourth-order valence-corrected chi connectivity index (χ4v) is 6.01. The third-order valence-electron chi connectivity index (χ3n) is 6.39. The van der Waals surface area contributed by atoms with Gasteiger partial charge in [-0.25, -0.2) is 13.4 Å². The molecule has 0 spiro atoms. The molecule has 0 aliphatic heterocycles. The molecule has 0 saturated carbocycles. The predicted octanol–water partition coefficient (Wildman–Crippen LogP) is 4.49. The number of hydrogen-bond acceptors (Lipinski definition) is 4. The van der Waals surface area contributed by atoms with Crippen molar-refractivity contribution in [2.75, 3.05) is 13.1 Å². The van der Waals surface area contributed by atoms with Crippen molar-refractivity contribution in [3.05, 3.63) is 72.1 Å². The number of aromatic nitrogens is 2. The van der Waals surface area contributed by atoms with E-state index in [4.69, 9.17) is 4.98 Å². The highest BCUT2D eigenvalue weighted by Crippen LogP contribution is 2.24. The normalized spacial score (nSPS) is 12.0. The molecule has 0 aliphatic rings. The lowest BCUT2D eigenvalue weighted by atomic mass is 10.0. The van der Waals surface area contributed by atoms with Crippen LogP contribution >= 0.6 is 0 Å². The highest BCUT2D eigenvalue weighted by atomic mass is 32.2. The second-order valence-electron chi connectivity index (χ2n) is 8.43. The number of fused-ring (bicyclic) bond motifs is 2. The predicted molar refractivity (Wildman–Crippen MR) is 140 cm³/mol. The fraction of sp³-hybridized carbons (Fsp3) is 0.333. The van der Waals surface area contributed by atoms with Gasteiger partial charge in [0.25, 0.3) is 0 Å². The molecule has 0 aliphatic carbocycles. The van der Waals surface area contributed by atoms with E-state index in [1.807, 2.05) is 55.7 Å². The fourth-order valence-electron chi connectivity index (χ4n) is 4.53. The van der Waals surface area contributed by atoms with Crippen molar-refractivity contribution in [2.45, 2.75) is 51.6 Å². The Morgan fingerprint density at radius 1 is 1.00 bits per heavy atom. The summed E-state index contributed by atoms with van der Waals surface area (Å²) in [6, 6.07) is 19.3. The van der Waals surface area contributed by atoms with Crippen LogP contribution < -0.4 is 5.32 Å². The average Bonchev–Trinajstić information content (AvgIpc) is 3.23. The molecule has 1 N–H and O–H groups in total. The Labute approximate surface area is 206 Å². The third-order valence-corrected chi connectivity index (χ3v) is 8.44. The third kappa shape index (κ3) is 5.09. The van der Waals surface area contributed by atoms with Crippen molar-refractivity contribution < 1.29 is 13.2 Å². The van der Waals surface area contributed by atoms with E-state index in [0.29, 0.717) is 44.5 Å². The molecule has 1 heterocycles. The van der Waals surface area contributed by atoms with Crippen molar-refractivity contribution in [1.82, 2.24) is 19.2 Å². The zero-order chi connectivity index (χ0) is 25.0. The minimum absolute atomic E-state index is 0.0440. The first-order valence-corrected chi connectivity index (χ1v) is 13.6. The molecule has 4 rings (SSSR count). The van der Waals surface area contributed by atoms with Gasteiger partial charge in [-0.3, -0.25) is 4.79 Å². The van der Waals surface area contributed by atoms with Crippen molar-refractivity contribution >= 4 is 37.7 Å². The number of nitrogens with zero attached hydrogens (tertiary/aromatic N) is 3. The van der Waals surface area contributed by atoms with Crippen molar-refractivity contribution in [3.8, 4) is 0 Å². The van der Waals surface area contributed by atoms with Crippen molar-refractivity contribution in [3.63, 3.8) is 0 Å².